The molecule has 2 aromatic rings. The average Bonchev–Trinajstić information content (AvgIpc) is 2.90. The highest BCUT2D eigenvalue weighted by molar-refractivity contribution is 9.11. The van der Waals surface area contributed by atoms with Gasteiger partial charge in [0.25, 0.3) is 5.91 Å². The van der Waals surface area contributed by atoms with Gasteiger partial charge in [-0.15, -0.1) is 11.3 Å². The maximum Gasteiger partial charge on any atom is 0.255 e. The molecule has 5 heteroatoms. The van der Waals surface area contributed by atoms with E-state index in [1.54, 1.807) is 11.3 Å². The van der Waals surface area contributed by atoms with E-state index in [-0.39, 0.29) is 11.9 Å². The molecule has 0 radical (unpaired) electrons. The molecule has 0 aliphatic carbocycles. The summed E-state index contributed by atoms with van der Waals surface area (Å²) in [5.74, 6) is 0.0431. The summed E-state index contributed by atoms with van der Waals surface area (Å²) in [6.07, 6.45) is 0. The van der Waals surface area contributed by atoms with Crippen LogP contribution in [-0.4, -0.2) is 16.8 Å². The third kappa shape index (κ3) is 3.71. The molecule has 0 unspecified atom stereocenters. The van der Waals surface area contributed by atoms with Crippen LogP contribution in [0.15, 0.2) is 44.7 Å². The molecule has 20 heavy (non-hydrogen) atoms. The number of hydrogen-bond acceptors (Lipinski definition) is 2. The molecule has 2 rings (SSSR count). The first-order valence-corrected chi connectivity index (χ1v) is 8.74. The molecule has 1 aromatic heterocycles. The van der Waals surface area contributed by atoms with Crippen molar-refractivity contribution in [3.05, 3.63) is 55.1 Å². The van der Waals surface area contributed by atoms with Gasteiger partial charge in [-0.05, 0) is 59.4 Å². The molecule has 1 amide bonds. The number of benzene rings is 1. The van der Waals surface area contributed by atoms with E-state index in [4.69, 9.17) is 0 Å². The normalized spacial score (nSPS) is 10.8. The van der Waals surface area contributed by atoms with Crippen molar-refractivity contribution in [1.29, 1.82) is 0 Å². The lowest BCUT2D eigenvalue weighted by Gasteiger charge is -2.27. The second kappa shape index (κ2) is 6.87. The number of amides is 1. The Balaban J connectivity index is 2.29. The summed E-state index contributed by atoms with van der Waals surface area (Å²) < 4.78 is 1.73. The smallest absolute Gasteiger partial charge is 0.255 e. The fourth-order valence-electron chi connectivity index (χ4n) is 1.88. The molecule has 0 aliphatic rings. The number of carbonyl (C=O) groups excluding carboxylic acids is 1. The molecule has 0 spiro atoms. The molecule has 0 bridgehead atoms. The second-order valence-electron chi connectivity index (χ2n) is 4.73. The van der Waals surface area contributed by atoms with Gasteiger partial charge in [0, 0.05) is 19.9 Å². The number of halogens is 2. The molecule has 0 fully saturated rings. The van der Waals surface area contributed by atoms with Crippen LogP contribution in [-0.2, 0) is 6.54 Å². The predicted molar refractivity (Wildman–Crippen MR) is 91.2 cm³/mol. The predicted octanol–water partition coefficient (Wildman–Crippen LogP) is 5.32. The van der Waals surface area contributed by atoms with Gasteiger partial charge in [0.1, 0.15) is 0 Å². The van der Waals surface area contributed by atoms with Gasteiger partial charge in [0.15, 0.2) is 0 Å². The van der Waals surface area contributed by atoms with Gasteiger partial charge in [0.2, 0.25) is 0 Å². The highest BCUT2D eigenvalue weighted by atomic mass is 79.9. The lowest BCUT2D eigenvalue weighted by molar-refractivity contribution is 0.0691. The summed E-state index contributed by atoms with van der Waals surface area (Å²) in [6.45, 7) is 4.72. The van der Waals surface area contributed by atoms with E-state index in [1.807, 2.05) is 48.4 Å². The average molecular weight is 417 g/mol. The van der Waals surface area contributed by atoms with Crippen LogP contribution in [0.4, 0.5) is 0 Å². The minimum atomic E-state index is 0.0431. The molecular weight excluding hydrogens is 402 g/mol. The number of thiophene rings is 1. The Bertz CT molecular complexity index is 596. The minimum Gasteiger partial charge on any atom is -0.331 e. The molecule has 1 aromatic carbocycles. The van der Waals surface area contributed by atoms with Gasteiger partial charge >= 0.3 is 0 Å². The van der Waals surface area contributed by atoms with Crippen molar-refractivity contribution in [1.82, 2.24) is 4.90 Å². The summed E-state index contributed by atoms with van der Waals surface area (Å²) >= 11 is 8.56. The van der Waals surface area contributed by atoms with E-state index < -0.39 is 0 Å². The SMILES string of the molecule is CC(C)N(Cc1cccs1)C(=O)c1cc(Br)ccc1Br. The highest BCUT2D eigenvalue weighted by Crippen LogP contribution is 2.25. The zero-order valence-electron chi connectivity index (χ0n) is 11.3. The Labute approximate surface area is 140 Å². The molecular formula is C15H15Br2NOS. The monoisotopic (exact) mass is 415 g/mol. The standard InChI is InChI=1S/C15H15Br2NOS/c1-10(2)18(9-12-4-3-7-20-12)15(19)13-8-11(16)5-6-14(13)17/h3-8,10H,9H2,1-2H3. The van der Waals surface area contributed by atoms with Gasteiger partial charge < -0.3 is 4.90 Å². The van der Waals surface area contributed by atoms with Crippen LogP contribution in [0.5, 0.6) is 0 Å². The summed E-state index contributed by atoms with van der Waals surface area (Å²) in [5.41, 5.74) is 0.685. The van der Waals surface area contributed by atoms with Crippen molar-refractivity contribution in [3.63, 3.8) is 0 Å². The zero-order valence-corrected chi connectivity index (χ0v) is 15.3. The lowest BCUT2D eigenvalue weighted by Crippen LogP contribution is -2.36. The van der Waals surface area contributed by atoms with E-state index in [0.717, 1.165) is 8.95 Å². The number of rotatable bonds is 4. The fourth-order valence-corrected chi connectivity index (χ4v) is 3.36. The maximum absolute atomic E-state index is 12.8. The van der Waals surface area contributed by atoms with Gasteiger partial charge in [-0.2, -0.15) is 0 Å². The lowest BCUT2D eigenvalue weighted by atomic mass is 10.1. The first-order valence-electron chi connectivity index (χ1n) is 6.27. The molecule has 0 aliphatic heterocycles. The van der Waals surface area contributed by atoms with Crippen LogP contribution in [0, 0.1) is 0 Å². The molecule has 2 nitrogen and oxygen atoms in total. The van der Waals surface area contributed by atoms with E-state index in [0.29, 0.717) is 12.1 Å². The highest BCUT2D eigenvalue weighted by Gasteiger charge is 2.21. The van der Waals surface area contributed by atoms with Crippen molar-refractivity contribution < 1.29 is 4.79 Å². The summed E-state index contributed by atoms with van der Waals surface area (Å²) in [6, 6.07) is 9.88. The maximum atomic E-state index is 12.8. The molecule has 0 N–H and O–H groups in total. The van der Waals surface area contributed by atoms with Crippen molar-refractivity contribution in [3.8, 4) is 0 Å². The quantitative estimate of drug-likeness (QED) is 0.659. The second-order valence-corrected chi connectivity index (χ2v) is 7.53. The van der Waals surface area contributed by atoms with Gasteiger partial charge in [-0.1, -0.05) is 22.0 Å². The van der Waals surface area contributed by atoms with Crippen LogP contribution in [0.3, 0.4) is 0 Å². The van der Waals surface area contributed by atoms with E-state index in [2.05, 4.69) is 37.9 Å². The summed E-state index contributed by atoms with van der Waals surface area (Å²) in [5, 5.41) is 2.04. The van der Waals surface area contributed by atoms with Crippen LogP contribution in [0.1, 0.15) is 29.1 Å². The Kier molecular flexibility index (Phi) is 5.41. The van der Waals surface area contributed by atoms with Crippen molar-refractivity contribution >= 4 is 49.1 Å². The van der Waals surface area contributed by atoms with E-state index >= 15 is 0 Å². The Hall–Kier alpha value is -0.650. The van der Waals surface area contributed by atoms with E-state index in [9.17, 15) is 4.79 Å². The van der Waals surface area contributed by atoms with Crippen LogP contribution in [0.25, 0.3) is 0 Å². The third-order valence-electron chi connectivity index (χ3n) is 2.95. The Morgan fingerprint density at radius 1 is 1.30 bits per heavy atom. The molecule has 0 saturated carbocycles. The third-order valence-corrected chi connectivity index (χ3v) is 5.00. The summed E-state index contributed by atoms with van der Waals surface area (Å²) in [7, 11) is 0. The van der Waals surface area contributed by atoms with Gasteiger partial charge in [-0.25, -0.2) is 0 Å². The largest absolute Gasteiger partial charge is 0.331 e. The van der Waals surface area contributed by atoms with E-state index in [1.165, 1.54) is 4.88 Å². The molecule has 1 heterocycles. The van der Waals surface area contributed by atoms with Crippen LogP contribution >= 0.6 is 43.2 Å². The fraction of sp³-hybridized carbons (Fsp3) is 0.267. The molecule has 0 saturated heterocycles. The van der Waals surface area contributed by atoms with Crippen molar-refractivity contribution in [2.24, 2.45) is 0 Å². The van der Waals surface area contributed by atoms with Crippen molar-refractivity contribution in [2.45, 2.75) is 26.4 Å². The Morgan fingerprint density at radius 2 is 2.05 bits per heavy atom. The van der Waals surface area contributed by atoms with Crippen LogP contribution in [0.2, 0.25) is 0 Å². The van der Waals surface area contributed by atoms with Gasteiger partial charge in [0.05, 0.1) is 12.1 Å². The number of carbonyl (C=O) groups is 1. The van der Waals surface area contributed by atoms with Crippen LogP contribution < -0.4 is 0 Å². The van der Waals surface area contributed by atoms with Gasteiger partial charge in [-0.3, -0.25) is 4.79 Å². The summed E-state index contributed by atoms with van der Waals surface area (Å²) in [4.78, 5) is 15.8. The van der Waals surface area contributed by atoms with Crippen molar-refractivity contribution in [2.75, 3.05) is 0 Å². The minimum absolute atomic E-state index is 0.0431. The zero-order chi connectivity index (χ0) is 14.7. The number of nitrogens with zero attached hydrogens (tertiary/aromatic N) is 1. The Morgan fingerprint density at radius 3 is 2.65 bits per heavy atom. The first-order chi connectivity index (χ1) is 9.49. The number of hydrogen-bond donors (Lipinski definition) is 0. The topological polar surface area (TPSA) is 20.3 Å². The molecule has 0 atom stereocenters. The molecule has 106 valence electrons. The first kappa shape index (κ1) is 15.7.